The van der Waals surface area contributed by atoms with Crippen molar-refractivity contribution in [1.82, 2.24) is 5.32 Å². The van der Waals surface area contributed by atoms with Gasteiger partial charge in [-0.3, -0.25) is 0 Å². The Morgan fingerprint density at radius 3 is 2.74 bits per heavy atom. The van der Waals surface area contributed by atoms with Crippen LogP contribution >= 0.6 is 11.6 Å². The third-order valence-electron chi connectivity index (χ3n) is 3.70. The van der Waals surface area contributed by atoms with Crippen molar-refractivity contribution in [3.05, 3.63) is 34.9 Å². The van der Waals surface area contributed by atoms with Gasteiger partial charge in [0.2, 0.25) is 0 Å². The van der Waals surface area contributed by atoms with E-state index in [1.54, 1.807) is 0 Å². The Bertz CT molecular complexity index is 530. The fourth-order valence-corrected chi connectivity index (χ4v) is 4.80. The molecule has 1 fully saturated rings. The van der Waals surface area contributed by atoms with Crippen LogP contribution in [0.1, 0.15) is 18.9 Å². The highest BCUT2D eigenvalue weighted by molar-refractivity contribution is 7.91. The van der Waals surface area contributed by atoms with Crippen molar-refractivity contribution < 1.29 is 8.42 Å². The minimum atomic E-state index is -2.83. The van der Waals surface area contributed by atoms with E-state index in [4.69, 9.17) is 11.6 Å². The van der Waals surface area contributed by atoms with Gasteiger partial charge in [0.05, 0.1) is 11.5 Å². The third kappa shape index (κ3) is 3.94. The van der Waals surface area contributed by atoms with Gasteiger partial charge in [0, 0.05) is 11.1 Å². The Morgan fingerprint density at radius 1 is 1.42 bits per heavy atom. The summed E-state index contributed by atoms with van der Waals surface area (Å²) >= 11 is 6.19. The molecule has 1 aliphatic rings. The Balaban J connectivity index is 2.11. The fourth-order valence-electron chi connectivity index (χ4n) is 2.71. The van der Waals surface area contributed by atoms with Gasteiger partial charge in [-0.05, 0) is 36.9 Å². The van der Waals surface area contributed by atoms with Crippen molar-refractivity contribution >= 4 is 21.4 Å². The smallest absolute Gasteiger partial charge is 0.150 e. The summed E-state index contributed by atoms with van der Waals surface area (Å²) in [6.45, 7) is 2.88. The Kier molecular flexibility index (Phi) is 4.87. The van der Waals surface area contributed by atoms with Crippen molar-refractivity contribution in [3.8, 4) is 0 Å². The highest BCUT2D eigenvalue weighted by Crippen LogP contribution is 2.26. The van der Waals surface area contributed by atoms with Crippen LogP contribution in [0, 0.1) is 5.92 Å². The molecule has 2 rings (SSSR count). The van der Waals surface area contributed by atoms with Crippen LogP contribution in [0.4, 0.5) is 0 Å². The molecule has 0 radical (unpaired) electrons. The van der Waals surface area contributed by atoms with Crippen LogP contribution in [-0.2, 0) is 16.3 Å². The lowest BCUT2D eigenvalue weighted by molar-refractivity contribution is 0.386. The molecular weight excluding hydrogens is 282 g/mol. The maximum atomic E-state index is 11.6. The lowest BCUT2D eigenvalue weighted by Crippen LogP contribution is -2.38. The molecule has 106 valence electrons. The van der Waals surface area contributed by atoms with Crippen LogP contribution in [0.5, 0.6) is 0 Å². The molecule has 2 atom stereocenters. The average Bonchev–Trinajstić information content (AvgIpc) is 2.72. The number of rotatable bonds is 5. The molecule has 0 spiro atoms. The van der Waals surface area contributed by atoms with Gasteiger partial charge in [0.1, 0.15) is 0 Å². The predicted octanol–water partition coefficient (Wildman–Crippen LogP) is 2.30. The second kappa shape index (κ2) is 6.25. The molecule has 2 unspecified atom stereocenters. The number of sulfone groups is 1. The summed E-state index contributed by atoms with van der Waals surface area (Å²) in [5, 5.41) is 4.17. The molecule has 0 saturated carbocycles. The molecule has 0 aliphatic carbocycles. The monoisotopic (exact) mass is 301 g/mol. The van der Waals surface area contributed by atoms with Crippen LogP contribution < -0.4 is 5.32 Å². The number of hydrogen-bond acceptors (Lipinski definition) is 3. The highest BCUT2D eigenvalue weighted by Gasteiger charge is 2.33. The standard InChI is InChI=1S/C14H20ClNO2S/c1-2-16-14(12-7-8-19(17,18)10-12)9-11-5-3-4-6-13(11)15/h3-6,12,14,16H,2,7-10H2,1H3. The summed E-state index contributed by atoms with van der Waals surface area (Å²) in [5.41, 5.74) is 1.08. The molecule has 19 heavy (non-hydrogen) atoms. The van der Waals surface area contributed by atoms with E-state index in [2.05, 4.69) is 5.32 Å². The van der Waals surface area contributed by atoms with Gasteiger partial charge in [-0.2, -0.15) is 0 Å². The van der Waals surface area contributed by atoms with Gasteiger partial charge in [0.15, 0.2) is 9.84 Å². The molecule has 0 amide bonds. The number of benzene rings is 1. The van der Waals surface area contributed by atoms with Gasteiger partial charge >= 0.3 is 0 Å². The number of halogens is 1. The van der Waals surface area contributed by atoms with Gasteiger partial charge in [0.25, 0.3) is 0 Å². The quantitative estimate of drug-likeness (QED) is 0.908. The zero-order valence-corrected chi connectivity index (χ0v) is 12.7. The van der Waals surface area contributed by atoms with E-state index in [9.17, 15) is 8.42 Å². The van der Waals surface area contributed by atoms with Crippen molar-refractivity contribution in [3.63, 3.8) is 0 Å². The van der Waals surface area contributed by atoms with Crippen LogP contribution in [0.3, 0.4) is 0 Å². The van der Waals surface area contributed by atoms with Crippen LogP contribution in [-0.4, -0.2) is 32.5 Å². The predicted molar refractivity (Wildman–Crippen MR) is 79.4 cm³/mol. The normalized spacial score (nSPS) is 23.4. The maximum Gasteiger partial charge on any atom is 0.150 e. The molecule has 1 N–H and O–H groups in total. The van der Waals surface area contributed by atoms with E-state index in [-0.39, 0.29) is 12.0 Å². The van der Waals surface area contributed by atoms with Gasteiger partial charge in [-0.15, -0.1) is 0 Å². The number of hydrogen-bond donors (Lipinski definition) is 1. The van der Waals surface area contributed by atoms with Crippen LogP contribution in [0.25, 0.3) is 0 Å². The lowest BCUT2D eigenvalue weighted by Gasteiger charge is -2.24. The molecule has 5 heteroatoms. The van der Waals surface area contributed by atoms with E-state index in [0.717, 1.165) is 30.0 Å². The van der Waals surface area contributed by atoms with Gasteiger partial charge in [-0.1, -0.05) is 36.7 Å². The van der Waals surface area contributed by atoms with Gasteiger partial charge in [-0.25, -0.2) is 8.42 Å². The topological polar surface area (TPSA) is 46.2 Å². The third-order valence-corrected chi connectivity index (χ3v) is 5.86. The summed E-state index contributed by atoms with van der Waals surface area (Å²) in [6.07, 6.45) is 1.54. The first-order valence-corrected chi connectivity index (χ1v) is 8.89. The van der Waals surface area contributed by atoms with E-state index < -0.39 is 9.84 Å². The summed E-state index contributed by atoms with van der Waals surface area (Å²) in [7, 11) is -2.83. The van der Waals surface area contributed by atoms with E-state index >= 15 is 0 Å². The molecule has 0 aromatic heterocycles. The van der Waals surface area contributed by atoms with Crippen LogP contribution in [0.15, 0.2) is 24.3 Å². The highest BCUT2D eigenvalue weighted by atomic mass is 35.5. The molecule has 1 saturated heterocycles. The maximum absolute atomic E-state index is 11.6. The molecule has 1 heterocycles. The summed E-state index contributed by atoms with van der Waals surface area (Å²) in [5.74, 6) is 0.818. The summed E-state index contributed by atoms with van der Waals surface area (Å²) < 4.78 is 23.2. The van der Waals surface area contributed by atoms with Crippen molar-refractivity contribution in [2.75, 3.05) is 18.1 Å². The molecular formula is C14H20ClNO2S. The van der Waals surface area contributed by atoms with Crippen molar-refractivity contribution in [2.24, 2.45) is 5.92 Å². The molecule has 1 aliphatic heterocycles. The minimum absolute atomic E-state index is 0.183. The fraction of sp³-hybridized carbons (Fsp3) is 0.571. The van der Waals surface area contributed by atoms with Gasteiger partial charge < -0.3 is 5.32 Å². The van der Waals surface area contributed by atoms with Crippen molar-refractivity contribution in [1.29, 1.82) is 0 Å². The lowest BCUT2D eigenvalue weighted by atomic mass is 9.93. The number of likely N-dealkylation sites (N-methyl/N-ethyl adjacent to an activating group) is 1. The summed E-state index contributed by atoms with van der Waals surface area (Å²) in [6, 6.07) is 7.95. The second-order valence-electron chi connectivity index (χ2n) is 5.12. The Morgan fingerprint density at radius 2 is 2.16 bits per heavy atom. The molecule has 3 nitrogen and oxygen atoms in total. The van der Waals surface area contributed by atoms with E-state index in [0.29, 0.717) is 11.5 Å². The van der Waals surface area contributed by atoms with E-state index in [1.165, 1.54) is 0 Å². The summed E-state index contributed by atoms with van der Waals surface area (Å²) in [4.78, 5) is 0. The number of nitrogens with one attached hydrogen (secondary N) is 1. The zero-order chi connectivity index (χ0) is 13.9. The molecule has 1 aromatic carbocycles. The Labute approximate surface area is 120 Å². The SMILES string of the molecule is CCNC(Cc1ccccc1Cl)C1CCS(=O)(=O)C1. The minimum Gasteiger partial charge on any atom is -0.314 e. The first kappa shape index (κ1) is 14.8. The van der Waals surface area contributed by atoms with Crippen molar-refractivity contribution in [2.45, 2.75) is 25.8 Å². The first-order valence-electron chi connectivity index (χ1n) is 6.69. The first-order chi connectivity index (χ1) is 9.02. The zero-order valence-electron chi connectivity index (χ0n) is 11.1. The Hall–Kier alpha value is -0.580. The van der Waals surface area contributed by atoms with Crippen LogP contribution in [0.2, 0.25) is 5.02 Å². The molecule has 1 aromatic rings. The van der Waals surface area contributed by atoms with E-state index in [1.807, 2.05) is 31.2 Å². The molecule has 0 bridgehead atoms. The second-order valence-corrected chi connectivity index (χ2v) is 7.76. The largest absolute Gasteiger partial charge is 0.314 e. The average molecular weight is 302 g/mol.